The summed E-state index contributed by atoms with van der Waals surface area (Å²) in [7, 11) is 3.12. The first-order chi connectivity index (χ1) is 8.06. The van der Waals surface area contributed by atoms with Crippen molar-refractivity contribution in [2.45, 2.75) is 0 Å². The second-order valence-electron chi connectivity index (χ2n) is 3.51. The van der Waals surface area contributed by atoms with Gasteiger partial charge < -0.3 is 10.5 Å². The summed E-state index contributed by atoms with van der Waals surface area (Å²) >= 11 is 3.30. The van der Waals surface area contributed by atoms with Crippen molar-refractivity contribution in [3.05, 3.63) is 28.6 Å². The van der Waals surface area contributed by atoms with Crippen LogP contribution in [0, 0.1) is 5.82 Å². The third-order valence-corrected chi connectivity index (χ3v) is 3.19. The van der Waals surface area contributed by atoms with E-state index in [-0.39, 0.29) is 5.75 Å². The fraction of sp³-hybridized carbons (Fsp3) is 0.182. The lowest BCUT2D eigenvalue weighted by atomic mass is 10.1. The summed E-state index contributed by atoms with van der Waals surface area (Å²) in [5.41, 5.74) is 6.73. The Morgan fingerprint density at radius 3 is 2.71 bits per heavy atom. The van der Waals surface area contributed by atoms with Crippen LogP contribution in [0.25, 0.3) is 11.1 Å². The van der Waals surface area contributed by atoms with E-state index in [1.165, 1.54) is 18.0 Å². The molecule has 2 N–H and O–H groups in total. The number of halogens is 2. The molecule has 0 aliphatic rings. The van der Waals surface area contributed by atoms with Crippen LogP contribution in [0.2, 0.25) is 0 Å². The highest BCUT2D eigenvalue weighted by molar-refractivity contribution is 9.10. The summed E-state index contributed by atoms with van der Waals surface area (Å²) in [5.74, 6) is 0.117. The molecule has 0 aliphatic heterocycles. The molecule has 1 heterocycles. The van der Waals surface area contributed by atoms with Gasteiger partial charge in [-0.15, -0.1) is 0 Å². The minimum absolute atomic E-state index is 0.173. The van der Waals surface area contributed by atoms with Crippen LogP contribution < -0.4 is 10.5 Å². The van der Waals surface area contributed by atoms with Gasteiger partial charge in [-0.3, -0.25) is 4.68 Å². The van der Waals surface area contributed by atoms with E-state index in [4.69, 9.17) is 10.5 Å². The van der Waals surface area contributed by atoms with Crippen LogP contribution in [0.15, 0.2) is 22.8 Å². The summed E-state index contributed by atoms with van der Waals surface area (Å²) in [6.45, 7) is 0. The Balaban J connectivity index is 2.70. The molecule has 0 bridgehead atoms. The Labute approximate surface area is 106 Å². The molecule has 4 nitrogen and oxygen atoms in total. The van der Waals surface area contributed by atoms with Gasteiger partial charge in [0.25, 0.3) is 0 Å². The summed E-state index contributed by atoms with van der Waals surface area (Å²) in [4.78, 5) is 0. The van der Waals surface area contributed by atoms with E-state index in [0.29, 0.717) is 21.4 Å². The third kappa shape index (κ3) is 1.88. The number of nitrogen functional groups attached to an aromatic ring is 1. The Morgan fingerprint density at radius 2 is 2.18 bits per heavy atom. The maximum absolute atomic E-state index is 14.2. The maximum atomic E-state index is 14.2. The molecule has 0 saturated carbocycles. The predicted molar refractivity (Wildman–Crippen MR) is 67.3 cm³/mol. The van der Waals surface area contributed by atoms with Crippen LogP contribution >= 0.6 is 15.9 Å². The maximum Gasteiger partial charge on any atom is 0.174 e. The first-order valence-electron chi connectivity index (χ1n) is 4.86. The number of hydrogen-bond donors (Lipinski definition) is 1. The topological polar surface area (TPSA) is 53.1 Å². The van der Waals surface area contributed by atoms with Crippen LogP contribution in [0.5, 0.6) is 5.75 Å². The van der Waals surface area contributed by atoms with Gasteiger partial charge in [-0.05, 0) is 12.1 Å². The van der Waals surface area contributed by atoms with Crippen molar-refractivity contribution in [2.24, 2.45) is 7.05 Å². The average molecular weight is 300 g/mol. The van der Waals surface area contributed by atoms with Crippen molar-refractivity contribution in [1.82, 2.24) is 9.78 Å². The highest BCUT2D eigenvalue weighted by atomic mass is 79.9. The molecule has 1 aromatic carbocycles. The zero-order valence-corrected chi connectivity index (χ0v) is 11.0. The predicted octanol–water partition coefficient (Wildman–Crippen LogP) is 2.58. The summed E-state index contributed by atoms with van der Waals surface area (Å²) in [6.07, 6.45) is 1.53. The van der Waals surface area contributed by atoms with Crippen molar-refractivity contribution >= 4 is 21.7 Å². The lowest BCUT2D eigenvalue weighted by molar-refractivity contribution is 0.387. The van der Waals surface area contributed by atoms with Gasteiger partial charge in [-0.1, -0.05) is 15.9 Å². The van der Waals surface area contributed by atoms with E-state index in [9.17, 15) is 4.39 Å². The van der Waals surface area contributed by atoms with Crippen LogP contribution in [0.4, 0.5) is 10.2 Å². The van der Waals surface area contributed by atoms with Crippen LogP contribution in [-0.2, 0) is 7.05 Å². The molecule has 2 aromatic rings. The van der Waals surface area contributed by atoms with Gasteiger partial charge in [0.2, 0.25) is 0 Å². The molecule has 0 saturated heterocycles. The number of nitrogens with zero attached hydrogens (tertiary/aromatic N) is 2. The van der Waals surface area contributed by atoms with Gasteiger partial charge in [0.1, 0.15) is 5.82 Å². The Morgan fingerprint density at radius 1 is 1.47 bits per heavy atom. The van der Waals surface area contributed by atoms with E-state index in [0.717, 1.165) is 0 Å². The number of nitrogens with two attached hydrogens (primary N) is 1. The van der Waals surface area contributed by atoms with Gasteiger partial charge >= 0.3 is 0 Å². The van der Waals surface area contributed by atoms with Crippen molar-refractivity contribution < 1.29 is 9.13 Å². The molecule has 0 atom stereocenters. The van der Waals surface area contributed by atoms with Crippen molar-refractivity contribution in [2.75, 3.05) is 12.8 Å². The fourth-order valence-electron chi connectivity index (χ4n) is 1.58. The monoisotopic (exact) mass is 299 g/mol. The van der Waals surface area contributed by atoms with Gasteiger partial charge in [-0.2, -0.15) is 5.10 Å². The molecular weight excluding hydrogens is 289 g/mol. The molecular formula is C11H11BrFN3O. The van der Waals surface area contributed by atoms with Gasteiger partial charge in [0, 0.05) is 22.6 Å². The molecule has 1 aromatic heterocycles. The summed E-state index contributed by atoms with van der Waals surface area (Å²) in [5, 5.41) is 3.99. The van der Waals surface area contributed by atoms with E-state index in [2.05, 4.69) is 21.0 Å². The van der Waals surface area contributed by atoms with E-state index in [1.54, 1.807) is 19.2 Å². The molecule has 0 aliphatic carbocycles. The van der Waals surface area contributed by atoms with Crippen LogP contribution in [-0.4, -0.2) is 16.9 Å². The molecule has 0 spiro atoms. The van der Waals surface area contributed by atoms with E-state index >= 15 is 0 Å². The molecule has 0 amide bonds. The smallest absolute Gasteiger partial charge is 0.174 e. The highest BCUT2D eigenvalue weighted by Gasteiger charge is 2.18. The Bertz CT molecular complexity index is 568. The molecule has 0 unspecified atom stereocenters. The van der Waals surface area contributed by atoms with Crippen molar-refractivity contribution in [3.8, 4) is 16.9 Å². The zero-order chi connectivity index (χ0) is 12.6. The number of anilines is 1. The normalized spacial score (nSPS) is 10.6. The number of ether oxygens (including phenoxy) is 1. The summed E-state index contributed by atoms with van der Waals surface area (Å²) < 4.78 is 21.2. The number of aromatic nitrogens is 2. The van der Waals surface area contributed by atoms with Gasteiger partial charge in [0.15, 0.2) is 11.6 Å². The van der Waals surface area contributed by atoms with E-state index in [1.807, 2.05) is 0 Å². The second-order valence-corrected chi connectivity index (χ2v) is 4.36. The molecule has 0 radical (unpaired) electrons. The zero-order valence-electron chi connectivity index (χ0n) is 9.37. The molecule has 0 fully saturated rings. The lowest BCUT2D eigenvalue weighted by Crippen LogP contribution is -1.99. The minimum atomic E-state index is -0.457. The fourth-order valence-corrected chi connectivity index (χ4v) is 2.10. The number of benzene rings is 1. The first kappa shape index (κ1) is 11.9. The molecule has 6 heteroatoms. The van der Waals surface area contributed by atoms with Gasteiger partial charge in [0.05, 0.1) is 13.3 Å². The number of methoxy groups -OCH3 is 1. The van der Waals surface area contributed by atoms with Crippen LogP contribution in [0.1, 0.15) is 0 Å². The Hall–Kier alpha value is -1.56. The largest absolute Gasteiger partial charge is 0.494 e. The standard InChI is InChI=1S/C11H11BrFN3O/c1-16-11(14)6(5-15-16)9-7(12)3-4-8(17-2)10(9)13/h3-5H,14H2,1-2H3. The minimum Gasteiger partial charge on any atom is -0.494 e. The number of rotatable bonds is 2. The average Bonchev–Trinajstić information content (AvgIpc) is 2.62. The third-order valence-electron chi connectivity index (χ3n) is 2.53. The number of aryl methyl sites for hydroxylation is 1. The quantitative estimate of drug-likeness (QED) is 0.927. The SMILES string of the molecule is COc1ccc(Br)c(-c2cnn(C)c2N)c1F. The highest BCUT2D eigenvalue weighted by Crippen LogP contribution is 2.37. The van der Waals surface area contributed by atoms with Crippen molar-refractivity contribution in [3.63, 3.8) is 0 Å². The van der Waals surface area contributed by atoms with Gasteiger partial charge in [-0.25, -0.2) is 4.39 Å². The second kappa shape index (κ2) is 4.37. The van der Waals surface area contributed by atoms with E-state index < -0.39 is 5.82 Å². The molecule has 17 heavy (non-hydrogen) atoms. The summed E-state index contributed by atoms with van der Waals surface area (Å²) in [6, 6.07) is 3.26. The van der Waals surface area contributed by atoms with Crippen LogP contribution in [0.3, 0.4) is 0 Å². The molecule has 2 rings (SSSR count). The number of hydrogen-bond acceptors (Lipinski definition) is 3. The molecule has 90 valence electrons. The van der Waals surface area contributed by atoms with Crippen molar-refractivity contribution in [1.29, 1.82) is 0 Å². The lowest BCUT2D eigenvalue weighted by Gasteiger charge is -2.09. The Kier molecular flexibility index (Phi) is 3.06. The first-order valence-corrected chi connectivity index (χ1v) is 5.65.